The van der Waals surface area contributed by atoms with Crippen LogP contribution in [0.3, 0.4) is 0 Å². The number of amides is 1. The molecule has 1 aliphatic rings. The minimum Gasteiger partial charge on any atom is -0.455 e. The summed E-state index contributed by atoms with van der Waals surface area (Å²) in [5.41, 5.74) is 2.07. The van der Waals surface area contributed by atoms with Crippen LogP contribution in [-0.2, 0) is 6.42 Å². The zero-order chi connectivity index (χ0) is 17.5. The average Bonchev–Trinajstić information content (AvgIpc) is 2.83. The van der Waals surface area contributed by atoms with E-state index in [4.69, 9.17) is 4.42 Å². The van der Waals surface area contributed by atoms with Gasteiger partial charge in [0.2, 0.25) is 0 Å². The highest BCUT2D eigenvalue weighted by Crippen LogP contribution is 2.38. The Morgan fingerprint density at radius 2 is 1.96 bits per heavy atom. The molecule has 0 aliphatic heterocycles. The molecular weight excluding hydrogens is 304 g/mol. The SMILES string of the molecule is Cc1c(C(=O)NC(C)c2ccncc2)oc2c1C(=O)CC(C)(C)C2. The summed E-state index contributed by atoms with van der Waals surface area (Å²) in [5.74, 6) is 0.642. The third kappa shape index (κ3) is 2.98. The molecule has 0 spiro atoms. The summed E-state index contributed by atoms with van der Waals surface area (Å²) >= 11 is 0. The van der Waals surface area contributed by atoms with Crippen molar-refractivity contribution in [3.8, 4) is 0 Å². The predicted molar refractivity (Wildman–Crippen MR) is 90.0 cm³/mol. The number of hydrogen-bond acceptors (Lipinski definition) is 4. The van der Waals surface area contributed by atoms with Crippen LogP contribution in [-0.4, -0.2) is 16.7 Å². The van der Waals surface area contributed by atoms with Gasteiger partial charge in [-0.1, -0.05) is 13.8 Å². The third-order valence-electron chi connectivity index (χ3n) is 4.54. The lowest BCUT2D eigenvalue weighted by Crippen LogP contribution is -2.27. The molecular formula is C19H22N2O3. The van der Waals surface area contributed by atoms with E-state index in [2.05, 4.69) is 10.3 Å². The van der Waals surface area contributed by atoms with Crippen LogP contribution < -0.4 is 5.32 Å². The fraction of sp³-hybridized carbons (Fsp3) is 0.421. The Labute approximate surface area is 141 Å². The second kappa shape index (κ2) is 5.89. The summed E-state index contributed by atoms with van der Waals surface area (Å²) in [4.78, 5) is 29.0. The molecule has 0 aromatic carbocycles. The van der Waals surface area contributed by atoms with E-state index < -0.39 is 0 Å². The Kier molecular flexibility index (Phi) is 4.03. The molecule has 1 aliphatic carbocycles. The van der Waals surface area contributed by atoms with Gasteiger partial charge >= 0.3 is 0 Å². The van der Waals surface area contributed by atoms with Crippen molar-refractivity contribution in [3.63, 3.8) is 0 Å². The first-order valence-electron chi connectivity index (χ1n) is 8.15. The Hall–Kier alpha value is -2.43. The van der Waals surface area contributed by atoms with E-state index in [-0.39, 0.29) is 28.9 Å². The van der Waals surface area contributed by atoms with Gasteiger partial charge in [-0.2, -0.15) is 0 Å². The molecule has 2 aromatic heterocycles. The van der Waals surface area contributed by atoms with Gasteiger partial charge in [-0.3, -0.25) is 14.6 Å². The van der Waals surface area contributed by atoms with Crippen LogP contribution in [0.25, 0.3) is 0 Å². The van der Waals surface area contributed by atoms with Crippen LogP contribution in [0.15, 0.2) is 28.9 Å². The maximum atomic E-state index is 12.6. The first-order valence-corrected chi connectivity index (χ1v) is 8.15. The van der Waals surface area contributed by atoms with Gasteiger partial charge in [-0.15, -0.1) is 0 Å². The van der Waals surface area contributed by atoms with Gasteiger partial charge in [0, 0.05) is 30.8 Å². The summed E-state index contributed by atoms with van der Waals surface area (Å²) < 4.78 is 5.80. The zero-order valence-electron chi connectivity index (χ0n) is 14.5. The quantitative estimate of drug-likeness (QED) is 0.935. The predicted octanol–water partition coefficient (Wildman–Crippen LogP) is 3.63. The van der Waals surface area contributed by atoms with Crippen LogP contribution in [0.1, 0.15) is 71.0 Å². The molecule has 3 rings (SSSR count). The summed E-state index contributed by atoms with van der Waals surface area (Å²) in [7, 11) is 0. The third-order valence-corrected chi connectivity index (χ3v) is 4.54. The van der Waals surface area contributed by atoms with Crippen LogP contribution in [0.2, 0.25) is 0 Å². The van der Waals surface area contributed by atoms with Gasteiger partial charge in [-0.05, 0) is 37.0 Å². The molecule has 0 saturated heterocycles. The lowest BCUT2D eigenvalue weighted by Gasteiger charge is -2.27. The van der Waals surface area contributed by atoms with Crippen LogP contribution in [0.5, 0.6) is 0 Å². The second-order valence-corrected chi connectivity index (χ2v) is 7.27. The van der Waals surface area contributed by atoms with E-state index in [9.17, 15) is 9.59 Å². The molecule has 2 aromatic rings. The number of Topliss-reactive ketones (excluding diaryl/α,β-unsaturated/α-hetero) is 1. The molecule has 1 N–H and O–H groups in total. The Balaban J connectivity index is 1.86. The van der Waals surface area contributed by atoms with Crippen molar-refractivity contribution in [1.29, 1.82) is 0 Å². The number of pyridine rings is 1. The number of aromatic nitrogens is 1. The maximum Gasteiger partial charge on any atom is 0.287 e. The molecule has 0 saturated carbocycles. The lowest BCUT2D eigenvalue weighted by atomic mass is 9.76. The molecule has 24 heavy (non-hydrogen) atoms. The van der Waals surface area contributed by atoms with Gasteiger partial charge in [0.25, 0.3) is 5.91 Å². The number of hydrogen-bond donors (Lipinski definition) is 1. The standard InChI is InChI=1S/C19H22N2O3/c1-11-16-14(22)9-19(3,4)10-15(16)24-17(11)18(23)21-12(2)13-5-7-20-8-6-13/h5-8,12H,9-10H2,1-4H3,(H,21,23). The maximum absolute atomic E-state index is 12.6. The van der Waals surface area contributed by atoms with Crippen molar-refractivity contribution >= 4 is 11.7 Å². The Morgan fingerprint density at radius 1 is 1.29 bits per heavy atom. The highest BCUT2D eigenvalue weighted by Gasteiger charge is 2.37. The number of carbonyl (C=O) groups excluding carboxylic acids is 2. The summed E-state index contributed by atoms with van der Waals surface area (Å²) in [6.07, 6.45) is 4.53. The van der Waals surface area contributed by atoms with E-state index in [0.29, 0.717) is 29.7 Å². The Morgan fingerprint density at radius 3 is 2.62 bits per heavy atom. The second-order valence-electron chi connectivity index (χ2n) is 7.27. The zero-order valence-corrected chi connectivity index (χ0v) is 14.5. The van der Waals surface area contributed by atoms with E-state index in [0.717, 1.165) is 5.56 Å². The van der Waals surface area contributed by atoms with Crippen molar-refractivity contribution in [2.75, 3.05) is 0 Å². The van der Waals surface area contributed by atoms with Gasteiger partial charge in [-0.25, -0.2) is 0 Å². The van der Waals surface area contributed by atoms with Gasteiger partial charge < -0.3 is 9.73 Å². The number of rotatable bonds is 3. The number of nitrogens with one attached hydrogen (secondary N) is 1. The molecule has 1 atom stereocenters. The summed E-state index contributed by atoms with van der Waals surface area (Å²) in [6, 6.07) is 3.54. The van der Waals surface area contributed by atoms with E-state index in [1.807, 2.05) is 32.9 Å². The van der Waals surface area contributed by atoms with Gasteiger partial charge in [0.1, 0.15) is 5.76 Å². The molecule has 0 bridgehead atoms. The van der Waals surface area contributed by atoms with E-state index in [1.54, 1.807) is 19.3 Å². The Bertz CT molecular complexity index is 790. The highest BCUT2D eigenvalue weighted by atomic mass is 16.4. The highest BCUT2D eigenvalue weighted by molar-refractivity contribution is 6.03. The van der Waals surface area contributed by atoms with Crippen molar-refractivity contribution in [1.82, 2.24) is 10.3 Å². The average molecular weight is 326 g/mol. The first kappa shape index (κ1) is 16.4. The van der Waals surface area contributed by atoms with Crippen molar-refractivity contribution < 1.29 is 14.0 Å². The number of furan rings is 1. The van der Waals surface area contributed by atoms with E-state index >= 15 is 0 Å². The number of ketones is 1. The molecule has 1 unspecified atom stereocenters. The minimum absolute atomic E-state index is 0.0590. The molecule has 0 radical (unpaired) electrons. The van der Waals surface area contributed by atoms with Crippen molar-refractivity contribution in [3.05, 3.63) is 52.7 Å². The summed E-state index contributed by atoms with van der Waals surface area (Å²) in [5, 5.41) is 2.93. The minimum atomic E-state index is -0.295. The molecule has 126 valence electrons. The number of fused-ring (bicyclic) bond motifs is 1. The molecule has 2 heterocycles. The number of nitrogens with zero attached hydrogens (tertiary/aromatic N) is 1. The largest absolute Gasteiger partial charge is 0.455 e. The van der Waals surface area contributed by atoms with Crippen LogP contribution in [0, 0.1) is 12.3 Å². The summed E-state index contributed by atoms with van der Waals surface area (Å²) in [6.45, 7) is 7.76. The molecule has 1 amide bonds. The van der Waals surface area contributed by atoms with Gasteiger partial charge in [0.05, 0.1) is 11.6 Å². The topological polar surface area (TPSA) is 72.2 Å². The van der Waals surface area contributed by atoms with Crippen LogP contribution >= 0.6 is 0 Å². The fourth-order valence-corrected chi connectivity index (χ4v) is 3.30. The van der Waals surface area contributed by atoms with Crippen molar-refractivity contribution in [2.24, 2.45) is 5.41 Å². The van der Waals surface area contributed by atoms with Gasteiger partial charge in [0.15, 0.2) is 11.5 Å². The number of carbonyl (C=O) groups is 2. The monoisotopic (exact) mass is 326 g/mol. The van der Waals surface area contributed by atoms with E-state index in [1.165, 1.54) is 0 Å². The normalized spacial score (nSPS) is 17.2. The van der Waals surface area contributed by atoms with Crippen molar-refractivity contribution in [2.45, 2.75) is 46.6 Å². The molecule has 5 heteroatoms. The smallest absolute Gasteiger partial charge is 0.287 e. The van der Waals surface area contributed by atoms with Crippen LogP contribution in [0.4, 0.5) is 0 Å². The fourth-order valence-electron chi connectivity index (χ4n) is 3.30. The molecule has 0 fully saturated rings. The molecule has 5 nitrogen and oxygen atoms in total. The first-order chi connectivity index (χ1) is 11.3. The lowest BCUT2D eigenvalue weighted by molar-refractivity contribution is 0.0883.